The predicted octanol–water partition coefficient (Wildman–Crippen LogP) is 2.58. The molecule has 3 rings (SSSR count). The molecule has 1 aromatic carbocycles. The first-order chi connectivity index (χ1) is 9.90. The fraction of sp³-hybridized carbons (Fsp3) is 0.500. The van der Waals surface area contributed by atoms with Gasteiger partial charge in [0.1, 0.15) is 0 Å². The lowest BCUT2D eigenvalue weighted by Crippen LogP contribution is -2.42. The molecule has 0 radical (unpaired) electrons. The first-order valence-electron chi connectivity index (χ1n) is 7.33. The Labute approximate surface area is 124 Å². The van der Waals surface area contributed by atoms with E-state index in [0.29, 0.717) is 5.92 Å². The van der Waals surface area contributed by atoms with Crippen LogP contribution >= 0.6 is 11.3 Å². The number of hydrogen-bond acceptors (Lipinski definition) is 4. The zero-order valence-electron chi connectivity index (χ0n) is 11.9. The minimum atomic E-state index is 0.287. The van der Waals surface area contributed by atoms with Gasteiger partial charge in [-0.05, 0) is 42.4 Å². The summed E-state index contributed by atoms with van der Waals surface area (Å²) >= 11 is 1.84. The molecule has 108 valence electrons. The zero-order chi connectivity index (χ0) is 13.8. The van der Waals surface area contributed by atoms with Crippen LogP contribution in [-0.2, 0) is 4.74 Å². The maximum atomic E-state index is 6.02. The Bertz CT molecular complexity index is 548. The summed E-state index contributed by atoms with van der Waals surface area (Å²) in [5.41, 5.74) is 1.45. The maximum Gasteiger partial charge on any atom is 0.0769 e. The van der Waals surface area contributed by atoms with Crippen LogP contribution in [0.15, 0.2) is 29.6 Å². The molecule has 0 aliphatic carbocycles. The largest absolute Gasteiger partial charge is 0.375 e. The molecule has 2 unspecified atom stereocenters. The van der Waals surface area contributed by atoms with Crippen molar-refractivity contribution in [3.05, 3.63) is 35.2 Å². The first-order valence-corrected chi connectivity index (χ1v) is 8.21. The van der Waals surface area contributed by atoms with E-state index in [1.54, 1.807) is 0 Å². The monoisotopic (exact) mass is 290 g/mol. The maximum absolute atomic E-state index is 6.02. The van der Waals surface area contributed by atoms with Crippen LogP contribution in [0.3, 0.4) is 0 Å². The van der Waals surface area contributed by atoms with E-state index in [9.17, 15) is 0 Å². The van der Waals surface area contributed by atoms with Crippen molar-refractivity contribution in [3.8, 4) is 0 Å². The SMILES string of the molecule is CNCCC(c1csc2ccccc12)C1CNCCO1. The van der Waals surface area contributed by atoms with Gasteiger partial charge in [0.15, 0.2) is 0 Å². The molecule has 2 heterocycles. The standard InChI is InChI=1S/C16H22N2OS/c1-17-7-6-12(15-10-18-8-9-19-15)14-11-20-16-5-3-2-4-13(14)16/h2-5,11-12,15,17-18H,6-10H2,1H3. The number of hydrogen-bond donors (Lipinski definition) is 2. The lowest BCUT2D eigenvalue weighted by Gasteiger charge is -2.31. The third-order valence-corrected chi connectivity index (χ3v) is 5.00. The highest BCUT2D eigenvalue weighted by Crippen LogP contribution is 2.35. The van der Waals surface area contributed by atoms with E-state index in [2.05, 4.69) is 40.3 Å². The van der Waals surface area contributed by atoms with Gasteiger partial charge in [0.2, 0.25) is 0 Å². The van der Waals surface area contributed by atoms with Crippen molar-refractivity contribution < 1.29 is 4.74 Å². The van der Waals surface area contributed by atoms with Crippen molar-refractivity contribution in [2.45, 2.75) is 18.4 Å². The average Bonchev–Trinajstić information content (AvgIpc) is 2.93. The Morgan fingerprint density at radius 3 is 3.15 bits per heavy atom. The summed E-state index contributed by atoms with van der Waals surface area (Å²) in [4.78, 5) is 0. The molecule has 2 atom stereocenters. The smallest absolute Gasteiger partial charge is 0.0769 e. The molecule has 0 saturated carbocycles. The Balaban J connectivity index is 1.90. The molecule has 0 spiro atoms. The number of nitrogens with one attached hydrogen (secondary N) is 2. The highest BCUT2D eigenvalue weighted by Gasteiger charge is 2.27. The van der Waals surface area contributed by atoms with Gasteiger partial charge in [-0.25, -0.2) is 0 Å². The van der Waals surface area contributed by atoms with Gasteiger partial charge in [0.25, 0.3) is 0 Å². The van der Waals surface area contributed by atoms with Crippen LogP contribution in [0, 0.1) is 0 Å². The van der Waals surface area contributed by atoms with E-state index in [1.807, 2.05) is 18.4 Å². The van der Waals surface area contributed by atoms with Crippen LogP contribution in [0.5, 0.6) is 0 Å². The zero-order valence-corrected chi connectivity index (χ0v) is 12.7. The van der Waals surface area contributed by atoms with Crippen molar-refractivity contribution in [1.29, 1.82) is 0 Å². The second-order valence-electron chi connectivity index (χ2n) is 5.30. The molecule has 20 heavy (non-hydrogen) atoms. The molecule has 1 aliphatic rings. The third kappa shape index (κ3) is 2.88. The average molecular weight is 290 g/mol. The second-order valence-corrected chi connectivity index (χ2v) is 6.21. The van der Waals surface area contributed by atoms with E-state index in [4.69, 9.17) is 4.74 Å². The summed E-state index contributed by atoms with van der Waals surface area (Å²) in [6.07, 6.45) is 1.40. The molecule has 1 aliphatic heterocycles. The summed E-state index contributed by atoms with van der Waals surface area (Å²) in [6, 6.07) is 8.69. The van der Waals surface area contributed by atoms with Gasteiger partial charge < -0.3 is 15.4 Å². The molecule has 4 heteroatoms. The molecule has 0 amide bonds. The van der Waals surface area contributed by atoms with E-state index in [1.165, 1.54) is 15.6 Å². The fourth-order valence-corrected chi connectivity index (χ4v) is 4.00. The predicted molar refractivity (Wildman–Crippen MR) is 85.7 cm³/mol. The number of ether oxygens (including phenoxy) is 1. The normalized spacial score (nSPS) is 21.1. The van der Waals surface area contributed by atoms with E-state index in [-0.39, 0.29) is 6.10 Å². The lowest BCUT2D eigenvalue weighted by atomic mass is 9.89. The summed E-state index contributed by atoms with van der Waals surface area (Å²) in [6.45, 7) is 3.77. The van der Waals surface area contributed by atoms with E-state index < -0.39 is 0 Å². The van der Waals surface area contributed by atoms with Crippen molar-refractivity contribution in [2.75, 3.05) is 33.3 Å². The quantitative estimate of drug-likeness (QED) is 0.888. The highest BCUT2D eigenvalue weighted by atomic mass is 32.1. The van der Waals surface area contributed by atoms with Crippen LogP contribution in [0.25, 0.3) is 10.1 Å². The highest BCUT2D eigenvalue weighted by molar-refractivity contribution is 7.17. The molecule has 1 saturated heterocycles. The Kier molecular flexibility index (Phi) is 4.68. The fourth-order valence-electron chi connectivity index (χ4n) is 2.97. The first kappa shape index (κ1) is 14.0. The molecule has 3 nitrogen and oxygen atoms in total. The Morgan fingerprint density at radius 1 is 1.45 bits per heavy atom. The van der Waals surface area contributed by atoms with Gasteiger partial charge >= 0.3 is 0 Å². The van der Waals surface area contributed by atoms with Gasteiger partial charge in [0, 0.05) is 23.7 Å². The number of benzene rings is 1. The molecule has 2 N–H and O–H groups in total. The van der Waals surface area contributed by atoms with Gasteiger partial charge in [0.05, 0.1) is 12.7 Å². The third-order valence-electron chi connectivity index (χ3n) is 4.02. The van der Waals surface area contributed by atoms with Crippen molar-refractivity contribution >= 4 is 21.4 Å². The van der Waals surface area contributed by atoms with Gasteiger partial charge in [-0.3, -0.25) is 0 Å². The summed E-state index contributed by atoms with van der Waals surface area (Å²) < 4.78 is 7.40. The van der Waals surface area contributed by atoms with Gasteiger partial charge in [-0.2, -0.15) is 0 Å². The topological polar surface area (TPSA) is 33.3 Å². The number of rotatable bonds is 5. The molecular formula is C16H22N2OS. The summed E-state index contributed by atoms with van der Waals surface area (Å²) in [5, 5.41) is 10.5. The van der Waals surface area contributed by atoms with Gasteiger partial charge in [-0.1, -0.05) is 18.2 Å². The van der Waals surface area contributed by atoms with E-state index >= 15 is 0 Å². The van der Waals surface area contributed by atoms with Crippen LogP contribution in [0.2, 0.25) is 0 Å². The molecule has 1 fully saturated rings. The lowest BCUT2D eigenvalue weighted by molar-refractivity contribution is 0.00978. The number of morpholine rings is 1. The van der Waals surface area contributed by atoms with Crippen LogP contribution in [0.4, 0.5) is 0 Å². The second kappa shape index (κ2) is 6.68. The molecular weight excluding hydrogens is 268 g/mol. The van der Waals surface area contributed by atoms with Crippen molar-refractivity contribution in [1.82, 2.24) is 10.6 Å². The van der Waals surface area contributed by atoms with Crippen molar-refractivity contribution in [2.24, 2.45) is 0 Å². The Morgan fingerprint density at radius 2 is 2.35 bits per heavy atom. The van der Waals surface area contributed by atoms with Crippen LogP contribution < -0.4 is 10.6 Å². The van der Waals surface area contributed by atoms with Crippen LogP contribution in [-0.4, -0.2) is 39.4 Å². The van der Waals surface area contributed by atoms with E-state index in [0.717, 1.165) is 32.7 Å². The molecule has 0 bridgehead atoms. The number of fused-ring (bicyclic) bond motifs is 1. The molecule has 1 aromatic heterocycles. The van der Waals surface area contributed by atoms with Crippen molar-refractivity contribution in [3.63, 3.8) is 0 Å². The van der Waals surface area contributed by atoms with Gasteiger partial charge in [-0.15, -0.1) is 11.3 Å². The minimum absolute atomic E-state index is 0.287. The Hall–Kier alpha value is -0.940. The minimum Gasteiger partial charge on any atom is -0.375 e. The van der Waals surface area contributed by atoms with Crippen LogP contribution in [0.1, 0.15) is 17.9 Å². The summed E-state index contributed by atoms with van der Waals surface area (Å²) in [5.74, 6) is 0.464. The summed E-state index contributed by atoms with van der Waals surface area (Å²) in [7, 11) is 2.02. The number of thiophene rings is 1. The molecule has 2 aromatic rings.